The SMILES string of the molecule is CN(C(N)=O)c1cc(CC(N)=O)cc(S(C)(=O)=O)n1. The molecule has 19 heavy (non-hydrogen) atoms. The number of amides is 3. The summed E-state index contributed by atoms with van der Waals surface area (Å²) < 4.78 is 23.0. The van der Waals surface area contributed by atoms with Crippen LogP contribution in [0, 0.1) is 0 Å². The Balaban J connectivity index is 3.40. The molecule has 0 spiro atoms. The van der Waals surface area contributed by atoms with E-state index in [2.05, 4.69) is 4.98 Å². The number of anilines is 1. The van der Waals surface area contributed by atoms with Gasteiger partial charge in [0.15, 0.2) is 14.9 Å². The fourth-order valence-corrected chi connectivity index (χ4v) is 1.95. The number of hydrogen-bond acceptors (Lipinski definition) is 5. The zero-order valence-electron chi connectivity index (χ0n) is 10.5. The Morgan fingerprint density at radius 3 is 2.32 bits per heavy atom. The standard InChI is InChI=1S/C10H14N4O4S/c1-14(10(12)16)8-4-6(3-7(11)15)5-9(13-8)19(2,17)18/h4-5H,3H2,1-2H3,(H2,11,15)(H2,12,16). The van der Waals surface area contributed by atoms with E-state index in [0.29, 0.717) is 5.56 Å². The number of primary amides is 2. The maximum absolute atomic E-state index is 11.5. The van der Waals surface area contributed by atoms with Crippen molar-refractivity contribution < 1.29 is 18.0 Å². The van der Waals surface area contributed by atoms with Crippen LogP contribution in [0.2, 0.25) is 0 Å². The number of aromatic nitrogens is 1. The molecule has 104 valence electrons. The molecule has 0 unspecified atom stereocenters. The Bertz CT molecular complexity index is 626. The van der Waals surface area contributed by atoms with Gasteiger partial charge in [0.25, 0.3) is 0 Å². The van der Waals surface area contributed by atoms with Crippen molar-refractivity contribution in [1.82, 2.24) is 4.98 Å². The fraction of sp³-hybridized carbons (Fsp3) is 0.300. The number of sulfone groups is 1. The van der Waals surface area contributed by atoms with Crippen molar-refractivity contribution in [2.45, 2.75) is 11.4 Å². The minimum Gasteiger partial charge on any atom is -0.369 e. The van der Waals surface area contributed by atoms with Gasteiger partial charge in [-0.3, -0.25) is 9.69 Å². The first-order valence-electron chi connectivity index (χ1n) is 5.13. The molecule has 0 atom stereocenters. The van der Waals surface area contributed by atoms with Crippen molar-refractivity contribution in [3.8, 4) is 0 Å². The number of hydrogen-bond donors (Lipinski definition) is 2. The number of nitrogens with two attached hydrogens (primary N) is 2. The number of nitrogens with zero attached hydrogens (tertiary/aromatic N) is 2. The molecule has 0 bridgehead atoms. The van der Waals surface area contributed by atoms with E-state index in [1.807, 2.05) is 0 Å². The van der Waals surface area contributed by atoms with Crippen molar-refractivity contribution in [2.75, 3.05) is 18.2 Å². The Morgan fingerprint density at radius 1 is 1.32 bits per heavy atom. The first-order chi connectivity index (χ1) is 8.61. The summed E-state index contributed by atoms with van der Waals surface area (Å²) in [6.07, 6.45) is 0.808. The summed E-state index contributed by atoms with van der Waals surface area (Å²) in [5.41, 5.74) is 10.5. The third-order valence-corrected chi connectivity index (χ3v) is 3.25. The number of pyridine rings is 1. The van der Waals surface area contributed by atoms with Crippen LogP contribution in [0.1, 0.15) is 5.56 Å². The molecule has 1 heterocycles. The van der Waals surface area contributed by atoms with Crippen molar-refractivity contribution in [3.63, 3.8) is 0 Å². The lowest BCUT2D eigenvalue weighted by Crippen LogP contribution is -2.32. The molecule has 0 fully saturated rings. The molecule has 1 aromatic rings. The molecule has 8 nitrogen and oxygen atoms in total. The van der Waals surface area contributed by atoms with Crippen molar-refractivity contribution in [2.24, 2.45) is 11.5 Å². The summed E-state index contributed by atoms with van der Waals surface area (Å²) in [6.45, 7) is 0. The molecule has 1 rings (SSSR count). The average Bonchev–Trinajstić information content (AvgIpc) is 2.25. The molecule has 0 aromatic carbocycles. The van der Waals surface area contributed by atoms with Gasteiger partial charge in [0.1, 0.15) is 5.82 Å². The highest BCUT2D eigenvalue weighted by Crippen LogP contribution is 2.17. The molecule has 1 aromatic heterocycles. The quantitative estimate of drug-likeness (QED) is 0.733. The van der Waals surface area contributed by atoms with Crippen LogP contribution in [0.5, 0.6) is 0 Å². The van der Waals surface area contributed by atoms with Crippen LogP contribution in [-0.2, 0) is 21.1 Å². The van der Waals surface area contributed by atoms with Crippen molar-refractivity contribution in [1.29, 1.82) is 0 Å². The van der Waals surface area contributed by atoms with Crippen LogP contribution in [0.3, 0.4) is 0 Å². The smallest absolute Gasteiger partial charge is 0.320 e. The Labute approximate surface area is 110 Å². The number of rotatable bonds is 4. The number of urea groups is 1. The Morgan fingerprint density at radius 2 is 1.89 bits per heavy atom. The molecule has 0 aliphatic heterocycles. The molecule has 9 heteroatoms. The van der Waals surface area contributed by atoms with Gasteiger partial charge >= 0.3 is 6.03 Å². The fourth-order valence-electron chi connectivity index (χ4n) is 1.32. The van der Waals surface area contributed by atoms with E-state index in [4.69, 9.17) is 11.5 Å². The van der Waals surface area contributed by atoms with Gasteiger partial charge in [0.2, 0.25) is 5.91 Å². The van der Waals surface area contributed by atoms with Crippen molar-refractivity contribution in [3.05, 3.63) is 17.7 Å². The minimum atomic E-state index is -3.58. The lowest BCUT2D eigenvalue weighted by molar-refractivity contribution is -0.117. The maximum atomic E-state index is 11.5. The molecule has 0 saturated carbocycles. The normalized spacial score (nSPS) is 11.1. The molecule has 4 N–H and O–H groups in total. The van der Waals surface area contributed by atoms with E-state index < -0.39 is 21.8 Å². The van der Waals surface area contributed by atoms with Gasteiger partial charge in [0, 0.05) is 13.3 Å². The van der Waals surface area contributed by atoms with Crippen LogP contribution >= 0.6 is 0 Å². The van der Waals surface area contributed by atoms with Gasteiger partial charge in [-0.05, 0) is 17.7 Å². The highest BCUT2D eigenvalue weighted by molar-refractivity contribution is 7.90. The Hall–Kier alpha value is -2.16. The summed E-state index contributed by atoms with van der Waals surface area (Å²) in [5, 5.41) is -0.255. The van der Waals surface area contributed by atoms with Crippen LogP contribution in [0.4, 0.5) is 10.6 Å². The number of carbonyl (C=O) groups is 2. The molecule has 0 aliphatic rings. The van der Waals surface area contributed by atoms with Crippen LogP contribution in [0.15, 0.2) is 17.2 Å². The number of carbonyl (C=O) groups excluding carboxylic acids is 2. The largest absolute Gasteiger partial charge is 0.369 e. The lowest BCUT2D eigenvalue weighted by Gasteiger charge is -2.15. The van der Waals surface area contributed by atoms with Crippen LogP contribution in [-0.4, -0.2) is 38.6 Å². The first kappa shape index (κ1) is 14.9. The topological polar surface area (TPSA) is 136 Å². The Kier molecular flexibility index (Phi) is 4.10. The summed E-state index contributed by atoms with van der Waals surface area (Å²) in [7, 11) is -2.25. The van der Waals surface area contributed by atoms with Gasteiger partial charge in [-0.1, -0.05) is 0 Å². The van der Waals surface area contributed by atoms with E-state index in [1.165, 1.54) is 19.2 Å². The van der Waals surface area contributed by atoms with E-state index in [0.717, 1.165) is 11.2 Å². The van der Waals surface area contributed by atoms with E-state index >= 15 is 0 Å². The molecule has 0 aliphatic carbocycles. The zero-order chi connectivity index (χ0) is 14.8. The first-order valence-corrected chi connectivity index (χ1v) is 7.03. The second-order valence-electron chi connectivity index (χ2n) is 3.98. The van der Waals surface area contributed by atoms with Crippen LogP contribution in [0.25, 0.3) is 0 Å². The van der Waals surface area contributed by atoms with Gasteiger partial charge < -0.3 is 11.5 Å². The van der Waals surface area contributed by atoms with E-state index in [9.17, 15) is 18.0 Å². The predicted octanol–water partition coefficient (Wildman–Crippen LogP) is -0.972. The summed E-state index contributed by atoms with van der Waals surface area (Å²) in [5.74, 6) is -0.593. The lowest BCUT2D eigenvalue weighted by atomic mass is 10.2. The molecule has 0 radical (unpaired) electrons. The maximum Gasteiger partial charge on any atom is 0.320 e. The third-order valence-electron chi connectivity index (χ3n) is 2.28. The highest BCUT2D eigenvalue weighted by atomic mass is 32.2. The summed E-state index contributed by atoms with van der Waals surface area (Å²) in [6, 6.07) is 1.81. The average molecular weight is 286 g/mol. The monoisotopic (exact) mass is 286 g/mol. The second-order valence-corrected chi connectivity index (χ2v) is 5.95. The third kappa shape index (κ3) is 3.91. The highest BCUT2D eigenvalue weighted by Gasteiger charge is 2.16. The molecular formula is C10H14N4O4S. The van der Waals surface area contributed by atoms with Crippen molar-refractivity contribution >= 4 is 27.6 Å². The zero-order valence-corrected chi connectivity index (χ0v) is 11.3. The summed E-state index contributed by atoms with van der Waals surface area (Å²) in [4.78, 5) is 26.7. The predicted molar refractivity (Wildman–Crippen MR) is 68.2 cm³/mol. The summed E-state index contributed by atoms with van der Waals surface area (Å²) >= 11 is 0. The van der Waals surface area contributed by atoms with Crippen LogP contribution < -0.4 is 16.4 Å². The van der Waals surface area contributed by atoms with E-state index in [1.54, 1.807) is 0 Å². The van der Waals surface area contributed by atoms with Gasteiger partial charge in [-0.25, -0.2) is 18.2 Å². The van der Waals surface area contributed by atoms with E-state index in [-0.39, 0.29) is 17.3 Å². The molecule has 0 saturated heterocycles. The van der Waals surface area contributed by atoms with Gasteiger partial charge in [-0.2, -0.15) is 0 Å². The minimum absolute atomic E-state index is 0.0340. The molecular weight excluding hydrogens is 272 g/mol. The van der Waals surface area contributed by atoms with Gasteiger partial charge in [-0.15, -0.1) is 0 Å². The second kappa shape index (κ2) is 5.22. The molecule has 3 amide bonds. The van der Waals surface area contributed by atoms with Gasteiger partial charge in [0.05, 0.1) is 6.42 Å².